The Labute approximate surface area is 284 Å². The van der Waals surface area contributed by atoms with Crippen molar-refractivity contribution in [3.63, 3.8) is 0 Å². The average molecular weight is 719 g/mol. The van der Waals surface area contributed by atoms with Gasteiger partial charge in [-0.1, -0.05) is 62.6 Å². The number of rotatable bonds is 7. The summed E-state index contributed by atoms with van der Waals surface area (Å²) < 4.78 is 16.6. The van der Waals surface area contributed by atoms with E-state index in [0.717, 1.165) is 37.8 Å². The van der Waals surface area contributed by atoms with E-state index < -0.39 is 12.0 Å². The van der Waals surface area contributed by atoms with Crippen molar-refractivity contribution in [1.29, 1.82) is 0 Å². The number of esters is 1. The first-order valence-corrected chi connectivity index (χ1v) is 16.9. The minimum Gasteiger partial charge on any atom is -0.491 e. The second-order valence-corrected chi connectivity index (χ2v) is 14.0. The predicted octanol–water partition coefficient (Wildman–Crippen LogP) is 7.23. The van der Waals surface area contributed by atoms with Crippen molar-refractivity contribution in [2.45, 2.75) is 53.3 Å². The first-order valence-electron chi connectivity index (χ1n) is 14.9. The summed E-state index contributed by atoms with van der Waals surface area (Å²) in [7, 11) is 1.34. The van der Waals surface area contributed by atoms with Crippen LogP contribution in [0.25, 0.3) is 17.0 Å². The molecule has 1 aliphatic rings. The summed E-state index contributed by atoms with van der Waals surface area (Å²) in [6.07, 6.45) is 1.83. The average Bonchev–Trinajstić information content (AvgIpc) is 3.45. The number of ether oxygens (including phenoxy) is 2. The van der Waals surface area contributed by atoms with Gasteiger partial charge in [-0.15, -0.1) is 0 Å². The smallest absolute Gasteiger partial charge is 0.338 e. The summed E-state index contributed by atoms with van der Waals surface area (Å²) in [5, 5.41) is 1.75. The van der Waals surface area contributed by atoms with Crippen molar-refractivity contribution in [2.75, 3.05) is 7.11 Å². The van der Waals surface area contributed by atoms with Crippen LogP contribution in [0.4, 0.5) is 0 Å². The molecule has 1 atom stereocenters. The van der Waals surface area contributed by atoms with Gasteiger partial charge in [0.2, 0.25) is 0 Å². The number of methoxy groups -OCH3 is 1. The number of carbonyl (C=O) groups excluding carboxylic acids is 1. The summed E-state index contributed by atoms with van der Waals surface area (Å²) in [5.41, 5.74) is 6.51. The molecule has 0 N–H and O–H groups in total. The van der Waals surface area contributed by atoms with E-state index in [9.17, 15) is 9.59 Å². The Morgan fingerprint density at radius 3 is 2.52 bits per heavy atom. The quantitative estimate of drug-likeness (QED) is 0.167. The molecule has 0 saturated heterocycles. The monoisotopic (exact) mass is 717 g/mol. The number of halogens is 2. The first-order chi connectivity index (χ1) is 22.0. The van der Waals surface area contributed by atoms with Crippen LogP contribution >= 0.6 is 38.9 Å². The zero-order chi connectivity index (χ0) is 32.9. The van der Waals surface area contributed by atoms with Gasteiger partial charge in [0, 0.05) is 43.8 Å². The van der Waals surface area contributed by atoms with Gasteiger partial charge in [-0.2, -0.15) is 0 Å². The molecule has 0 radical (unpaired) electrons. The van der Waals surface area contributed by atoms with Gasteiger partial charge in [0.05, 0.1) is 29.0 Å². The molecule has 0 unspecified atom stereocenters. The molecule has 46 heavy (non-hydrogen) atoms. The number of allylic oxidation sites excluding steroid dienone is 1. The summed E-state index contributed by atoms with van der Waals surface area (Å²) in [5.74, 6) is 0.0260. The van der Waals surface area contributed by atoms with Gasteiger partial charge < -0.3 is 14.0 Å². The van der Waals surface area contributed by atoms with Gasteiger partial charge in [-0.05, 0) is 88.7 Å². The molecule has 1 aliphatic heterocycles. The highest BCUT2D eigenvalue weighted by atomic mass is 79.9. The highest BCUT2D eigenvalue weighted by Gasteiger charge is 2.35. The van der Waals surface area contributed by atoms with Crippen molar-refractivity contribution >= 4 is 61.8 Å². The highest BCUT2D eigenvalue weighted by molar-refractivity contribution is 9.10. The molecular formula is C36H33BrClN3O4S. The van der Waals surface area contributed by atoms with Crippen LogP contribution in [0.3, 0.4) is 0 Å². The van der Waals surface area contributed by atoms with E-state index >= 15 is 0 Å². The third-order valence-electron chi connectivity index (χ3n) is 8.11. The van der Waals surface area contributed by atoms with Gasteiger partial charge in [-0.25, -0.2) is 9.79 Å². The van der Waals surface area contributed by atoms with Gasteiger partial charge in [-0.3, -0.25) is 9.36 Å². The van der Waals surface area contributed by atoms with E-state index in [-0.39, 0.29) is 11.7 Å². The molecule has 5 aromatic rings. The number of aromatic nitrogens is 2. The molecule has 3 heterocycles. The number of thiazole rings is 1. The Bertz CT molecular complexity index is 2230. The third kappa shape index (κ3) is 5.87. The van der Waals surface area contributed by atoms with Crippen molar-refractivity contribution in [2.24, 2.45) is 4.99 Å². The summed E-state index contributed by atoms with van der Waals surface area (Å²) in [6, 6.07) is 19.0. The van der Waals surface area contributed by atoms with Crippen LogP contribution in [0.1, 0.15) is 54.8 Å². The van der Waals surface area contributed by atoms with E-state index in [2.05, 4.69) is 52.5 Å². The van der Waals surface area contributed by atoms with E-state index in [1.54, 1.807) is 11.5 Å². The largest absolute Gasteiger partial charge is 0.491 e. The Morgan fingerprint density at radius 2 is 1.83 bits per heavy atom. The molecule has 7 nitrogen and oxygen atoms in total. The molecular weight excluding hydrogens is 686 g/mol. The number of benzene rings is 3. The van der Waals surface area contributed by atoms with Crippen LogP contribution in [0.15, 0.2) is 86.2 Å². The van der Waals surface area contributed by atoms with Gasteiger partial charge in [0.25, 0.3) is 5.56 Å². The Kier molecular flexibility index (Phi) is 8.85. The van der Waals surface area contributed by atoms with E-state index in [0.29, 0.717) is 43.5 Å². The molecule has 6 rings (SSSR count). The number of hydrogen-bond acceptors (Lipinski definition) is 6. The fourth-order valence-electron chi connectivity index (χ4n) is 5.99. The van der Waals surface area contributed by atoms with Crippen LogP contribution in [-0.4, -0.2) is 28.3 Å². The van der Waals surface area contributed by atoms with Crippen molar-refractivity contribution in [3.05, 3.63) is 129 Å². The predicted molar refractivity (Wildman–Crippen MR) is 188 cm³/mol. The number of hydrogen-bond donors (Lipinski definition) is 0. The van der Waals surface area contributed by atoms with E-state index in [4.69, 9.17) is 26.1 Å². The summed E-state index contributed by atoms with van der Waals surface area (Å²) in [4.78, 5) is 33.0. The maximum atomic E-state index is 14.5. The Balaban J connectivity index is 1.59. The summed E-state index contributed by atoms with van der Waals surface area (Å²) >= 11 is 11.0. The van der Waals surface area contributed by atoms with Crippen molar-refractivity contribution in [1.82, 2.24) is 9.13 Å². The third-order valence-corrected chi connectivity index (χ3v) is 9.84. The second-order valence-electron chi connectivity index (χ2n) is 11.7. The lowest BCUT2D eigenvalue weighted by Crippen LogP contribution is -2.40. The maximum absolute atomic E-state index is 14.5. The fourth-order valence-corrected chi connectivity index (χ4v) is 7.53. The molecule has 3 aromatic carbocycles. The summed E-state index contributed by atoms with van der Waals surface area (Å²) in [6.45, 7) is 10.4. The van der Waals surface area contributed by atoms with E-state index in [1.165, 1.54) is 18.4 Å². The normalized spacial score (nSPS) is 15.0. The van der Waals surface area contributed by atoms with Crippen LogP contribution in [-0.2, 0) is 16.1 Å². The van der Waals surface area contributed by atoms with Crippen molar-refractivity contribution < 1.29 is 14.3 Å². The molecule has 0 saturated carbocycles. The molecule has 0 bridgehead atoms. The highest BCUT2D eigenvalue weighted by Crippen LogP contribution is 2.38. The van der Waals surface area contributed by atoms with Gasteiger partial charge in [0.15, 0.2) is 4.80 Å². The zero-order valence-corrected chi connectivity index (χ0v) is 29.5. The minimum absolute atomic E-state index is 0.126. The molecule has 2 aromatic heterocycles. The minimum atomic E-state index is -0.799. The van der Waals surface area contributed by atoms with Crippen LogP contribution < -0.4 is 19.6 Å². The number of aryl methyl sites for hydroxylation is 1. The maximum Gasteiger partial charge on any atom is 0.338 e. The molecule has 0 amide bonds. The van der Waals surface area contributed by atoms with Gasteiger partial charge in [0.1, 0.15) is 11.8 Å². The van der Waals surface area contributed by atoms with Crippen molar-refractivity contribution in [3.8, 4) is 5.75 Å². The molecule has 0 fully saturated rings. The number of nitrogens with zero attached hydrogens (tertiary/aromatic N) is 3. The molecule has 236 valence electrons. The second kappa shape index (κ2) is 12.7. The van der Waals surface area contributed by atoms with Crippen LogP contribution in [0.2, 0.25) is 5.02 Å². The number of carbonyl (C=O) groups is 1. The van der Waals surface area contributed by atoms with Crippen LogP contribution in [0, 0.1) is 13.8 Å². The molecule has 0 aliphatic carbocycles. The zero-order valence-electron chi connectivity index (χ0n) is 26.4. The molecule has 0 spiro atoms. The SMILES string of the molecule is COC(=O)C1=C(C)N=c2s/c(=C\c3c(C)n(Cc4ccc(Cl)cc4)c4ccc(C)cc34)c(=O)n2[C@@H]1c1cc(Br)ccc1OC(C)C. The lowest BCUT2D eigenvalue weighted by Gasteiger charge is -2.26. The fraction of sp³-hybridized carbons (Fsp3) is 0.250. The van der Waals surface area contributed by atoms with Crippen LogP contribution in [0.5, 0.6) is 5.75 Å². The molecule has 10 heteroatoms. The Morgan fingerprint density at radius 1 is 1.09 bits per heavy atom. The van der Waals surface area contributed by atoms with Gasteiger partial charge >= 0.3 is 5.97 Å². The standard InChI is InChI=1S/C36H33BrClN3O4S/c1-19(2)45-30-14-10-24(37)16-28(30)33-32(35(43)44-6)21(4)39-36-41(33)34(42)31(46-36)17-26-22(5)40(18-23-8-11-25(38)12-9-23)29-13-7-20(3)15-27(26)29/h7-17,19,33H,18H2,1-6H3/b31-17-/t33-/m1/s1. The number of fused-ring (bicyclic) bond motifs is 2. The first kappa shape index (κ1) is 32.0. The van der Waals surface area contributed by atoms with E-state index in [1.807, 2.05) is 62.4 Å². The lowest BCUT2D eigenvalue weighted by atomic mass is 9.95. The lowest BCUT2D eigenvalue weighted by molar-refractivity contribution is -0.136. The topological polar surface area (TPSA) is 74.8 Å². The Hall–Kier alpha value is -3.92.